The predicted octanol–water partition coefficient (Wildman–Crippen LogP) is 2.54. The molecule has 1 heterocycles. The number of thioether (sulfide) groups is 1. The molecule has 0 fully saturated rings. The number of rotatable bonds is 8. The van der Waals surface area contributed by atoms with Gasteiger partial charge in [-0.05, 0) is 26.0 Å². The van der Waals surface area contributed by atoms with Gasteiger partial charge in [0.15, 0.2) is 11.0 Å². The number of methoxy groups -OCH3 is 2. The van der Waals surface area contributed by atoms with Gasteiger partial charge in [-0.3, -0.25) is 4.79 Å². The SMILES string of the molecule is CCn1c(COc2cccc(OC)c2)nnc1SC(C)C(=O)OC. The molecule has 0 aliphatic heterocycles. The van der Waals surface area contributed by atoms with Crippen LogP contribution in [0.4, 0.5) is 0 Å². The molecule has 0 N–H and O–H groups in total. The average Bonchev–Trinajstić information content (AvgIpc) is 3.00. The number of esters is 1. The van der Waals surface area contributed by atoms with E-state index in [0.29, 0.717) is 23.3 Å². The summed E-state index contributed by atoms with van der Waals surface area (Å²) in [6.45, 7) is 4.73. The Hall–Kier alpha value is -2.22. The van der Waals surface area contributed by atoms with Crippen LogP contribution in [-0.4, -0.2) is 40.2 Å². The second kappa shape index (κ2) is 8.58. The van der Waals surface area contributed by atoms with Crippen molar-refractivity contribution >= 4 is 17.7 Å². The first kappa shape index (κ1) is 18.1. The molecule has 0 spiro atoms. The molecular weight excluding hydrogens is 330 g/mol. The molecule has 8 heteroatoms. The molecule has 0 saturated heterocycles. The fourth-order valence-corrected chi connectivity index (χ4v) is 3.00. The Morgan fingerprint density at radius 2 is 2.04 bits per heavy atom. The first-order valence-corrected chi connectivity index (χ1v) is 8.40. The number of hydrogen-bond acceptors (Lipinski definition) is 7. The lowest BCUT2D eigenvalue weighted by atomic mass is 10.3. The summed E-state index contributed by atoms with van der Waals surface area (Å²) in [5.41, 5.74) is 0. The Bertz CT molecular complexity index is 690. The Kier molecular flexibility index (Phi) is 6.48. The minimum atomic E-state index is -0.350. The fraction of sp³-hybridized carbons (Fsp3) is 0.438. The molecule has 0 bridgehead atoms. The summed E-state index contributed by atoms with van der Waals surface area (Å²) in [4.78, 5) is 11.6. The normalized spacial score (nSPS) is 11.8. The summed E-state index contributed by atoms with van der Waals surface area (Å²) in [5, 5.41) is 8.64. The van der Waals surface area contributed by atoms with E-state index in [-0.39, 0.29) is 17.8 Å². The van der Waals surface area contributed by atoms with Crippen LogP contribution in [0.15, 0.2) is 29.4 Å². The molecule has 1 aromatic heterocycles. The molecule has 0 aliphatic carbocycles. The zero-order valence-corrected chi connectivity index (χ0v) is 15.0. The highest BCUT2D eigenvalue weighted by molar-refractivity contribution is 8.00. The first-order valence-electron chi connectivity index (χ1n) is 7.52. The molecule has 0 radical (unpaired) electrons. The van der Waals surface area contributed by atoms with E-state index in [4.69, 9.17) is 14.2 Å². The third kappa shape index (κ3) is 4.41. The van der Waals surface area contributed by atoms with E-state index in [1.165, 1.54) is 18.9 Å². The minimum Gasteiger partial charge on any atom is -0.497 e. The quantitative estimate of drug-likeness (QED) is 0.534. The maximum atomic E-state index is 11.6. The highest BCUT2D eigenvalue weighted by Gasteiger charge is 2.20. The molecule has 2 rings (SSSR count). The van der Waals surface area contributed by atoms with Crippen molar-refractivity contribution in [2.24, 2.45) is 0 Å². The maximum Gasteiger partial charge on any atom is 0.318 e. The fourth-order valence-electron chi connectivity index (χ4n) is 2.04. The van der Waals surface area contributed by atoms with Crippen LogP contribution in [0, 0.1) is 0 Å². The highest BCUT2D eigenvalue weighted by atomic mass is 32.2. The van der Waals surface area contributed by atoms with Crippen LogP contribution in [0.1, 0.15) is 19.7 Å². The molecular formula is C16H21N3O4S. The summed E-state index contributed by atoms with van der Waals surface area (Å²) in [6, 6.07) is 7.37. The van der Waals surface area contributed by atoms with Crippen molar-refractivity contribution in [1.82, 2.24) is 14.8 Å². The van der Waals surface area contributed by atoms with Crippen LogP contribution in [0.5, 0.6) is 11.5 Å². The van der Waals surface area contributed by atoms with Gasteiger partial charge in [-0.1, -0.05) is 17.8 Å². The third-order valence-electron chi connectivity index (χ3n) is 3.33. The van der Waals surface area contributed by atoms with Crippen LogP contribution >= 0.6 is 11.8 Å². The zero-order valence-electron chi connectivity index (χ0n) is 14.2. The molecule has 0 amide bonds. The molecule has 130 valence electrons. The van der Waals surface area contributed by atoms with Crippen LogP contribution in [0.3, 0.4) is 0 Å². The van der Waals surface area contributed by atoms with E-state index in [0.717, 1.165) is 5.75 Å². The summed E-state index contributed by atoms with van der Waals surface area (Å²) in [6.07, 6.45) is 0. The van der Waals surface area contributed by atoms with Crippen molar-refractivity contribution < 1.29 is 19.0 Å². The van der Waals surface area contributed by atoms with Gasteiger partial charge in [0.2, 0.25) is 0 Å². The smallest absolute Gasteiger partial charge is 0.318 e. The van der Waals surface area contributed by atoms with Crippen LogP contribution < -0.4 is 9.47 Å². The van der Waals surface area contributed by atoms with Gasteiger partial charge >= 0.3 is 5.97 Å². The van der Waals surface area contributed by atoms with Crippen molar-refractivity contribution in [2.45, 2.75) is 37.4 Å². The van der Waals surface area contributed by atoms with E-state index < -0.39 is 0 Å². The lowest BCUT2D eigenvalue weighted by molar-refractivity contribution is -0.139. The second-order valence-corrected chi connectivity index (χ2v) is 6.20. The summed E-state index contributed by atoms with van der Waals surface area (Å²) in [7, 11) is 2.98. The number of carbonyl (C=O) groups is 1. The predicted molar refractivity (Wildman–Crippen MR) is 90.4 cm³/mol. The average molecular weight is 351 g/mol. The van der Waals surface area contributed by atoms with Gasteiger partial charge in [0, 0.05) is 12.6 Å². The van der Waals surface area contributed by atoms with Gasteiger partial charge < -0.3 is 18.8 Å². The standard InChI is InChI=1S/C16H21N3O4S/c1-5-19-14(10-23-13-8-6-7-12(9-13)21-3)17-18-16(19)24-11(2)15(20)22-4/h6-9,11H,5,10H2,1-4H3. The summed E-state index contributed by atoms with van der Waals surface area (Å²) < 4.78 is 17.6. The van der Waals surface area contributed by atoms with Crippen LogP contribution in [0.25, 0.3) is 0 Å². The second-order valence-electron chi connectivity index (χ2n) is 4.89. The molecule has 1 atom stereocenters. The van der Waals surface area contributed by atoms with Gasteiger partial charge in [0.25, 0.3) is 0 Å². The summed E-state index contributed by atoms with van der Waals surface area (Å²) >= 11 is 1.32. The molecule has 24 heavy (non-hydrogen) atoms. The lowest BCUT2D eigenvalue weighted by Gasteiger charge is -2.11. The van der Waals surface area contributed by atoms with Gasteiger partial charge in [-0.25, -0.2) is 0 Å². The van der Waals surface area contributed by atoms with Crippen LogP contribution in [0.2, 0.25) is 0 Å². The van der Waals surface area contributed by atoms with E-state index in [1.54, 1.807) is 14.0 Å². The Balaban J connectivity index is 2.06. The molecule has 7 nitrogen and oxygen atoms in total. The number of ether oxygens (including phenoxy) is 3. The van der Waals surface area contributed by atoms with Gasteiger partial charge in [0.05, 0.1) is 14.2 Å². The number of carbonyl (C=O) groups excluding carboxylic acids is 1. The van der Waals surface area contributed by atoms with Crippen molar-refractivity contribution in [2.75, 3.05) is 14.2 Å². The number of aromatic nitrogens is 3. The Morgan fingerprint density at radius 1 is 1.29 bits per heavy atom. The molecule has 0 aliphatic rings. The Labute approximate surface area is 145 Å². The highest BCUT2D eigenvalue weighted by Crippen LogP contribution is 2.24. The molecule has 1 aromatic carbocycles. The third-order valence-corrected chi connectivity index (χ3v) is 4.39. The topological polar surface area (TPSA) is 75.5 Å². The van der Waals surface area contributed by atoms with Gasteiger partial charge in [-0.2, -0.15) is 0 Å². The van der Waals surface area contributed by atoms with E-state index >= 15 is 0 Å². The first-order chi connectivity index (χ1) is 11.6. The largest absolute Gasteiger partial charge is 0.497 e. The Morgan fingerprint density at radius 3 is 2.71 bits per heavy atom. The molecule has 2 aromatic rings. The number of hydrogen-bond donors (Lipinski definition) is 0. The van der Waals surface area contributed by atoms with Crippen molar-refractivity contribution in [3.05, 3.63) is 30.1 Å². The minimum absolute atomic E-state index is 0.279. The maximum absolute atomic E-state index is 11.6. The molecule has 0 saturated carbocycles. The van der Waals surface area contributed by atoms with Crippen molar-refractivity contribution in [3.63, 3.8) is 0 Å². The zero-order chi connectivity index (χ0) is 17.5. The lowest BCUT2D eigenvalue weighted by Crippen LogP contribution is -2.16. The van der Waals surface area contributed by atoms with Crippen molar-refractivity contribution in [1.29, 1.82) is 0 Å². The monoisotopic (exact) mass is 351 g/mol. The van der Waals surface area contributed by atoms with Crippen molar-refractivity contribution in [3.8, 4) is 11.5 Å². The van der Waals surface area contributed by atoms with Gasteiger partial charge in [0.1, 0.15) is 23.4 Å². The van der Waals surface area contributed by atoms with E-state index in [1.807, 2.05) is 35.8 Å². The molecule has 1 unspecified atom stereocenters. The van der Waals surface area contributed by atoms with Crippen LogP contribution in [-0.2, 0) is 22.7 Å². The summed E-state index contributed by atoms with van der Waals surface area (Å²) in [5.74, 6) is 1.82. The van der Waals surface area contributed by atoms with E-state index in [9.17, 15) is 4.79 Å². The number of benzene rings is 1. The van der Waals surface area contributed by atoms with E-state index in [2.05, 4.69) is 10.2 Å². The number of nitrogens with zero attached hydrogens (tertiary/aromatic N) is 3. The van der Waals surface area contributed by atoms with Gasteiger partial charge in [-0.15, -0.1) is 10.2 Å².